The number of hydrogen-bond donors (Lipinski definition) is 1. The molecule has 0 radical (unpaired) electrons. The fourth-order valence-electron chi connectivity index (χ4n) is 2.88. The van der Waals surface area contributed by atoms with Crippen molar-refractivity contribution in [2.75, 3.05) is 39.4 Å². The van der Waals surface area contributed by atoms with E-state index < -0.39 is 0 Å². The Bertz CT molecular complexity index is 414. The zero-order valence-corrected chi connectivity index (χ0v) is 11.0. The second-order valence-electron chi connectivity index (χ2n) is 5.15. The SMILES string of the molecule is O=C(CN1CCOCC1)N1CCC[C@H]1c1ccn[nH]1. The molecular formula is C13H20N4O2. The van der Waals surface area contributed by atoms with E-state index in [1.54, 1.807) is 6.20 Å². The first-order chi connectivity index (χ1) is 9.34. The molecule has 3 heterocycles. The zero-order chi connectivity index (χ0) is 13.1. The van der Waals surface area contributed by atoms with Gasteiger partial charge in [-0.3, -0.25) is 14.8 Å². The Labute approximate surface area is 112 Å². The average Bonchev–Trinajstić information content (AvgIpc) is 3.10. The molecular weight excluding hydrogens is 244 g/mol. The van der Waals surface area contributed by atoms with Crippen molar-refractivity contribution in [3.63, 3.8) is 0 Å². The fraction of sp³-hybridized carbons (Fsp3) is 0.692. The normalized spacial score (nSPS) is 24.8. The van der Waals surface area contributed by atoms with Crippen LogP contribution in [0.1, 0.15) is 24.6 Å². The van der Waals surface area contributed by atoms with E-state index in [1.165, 1.54) is 0 Å². The van der Waals surface area contributed by atoms with Crippen molar-refractivity contribution in [1.29, 1.82) is 0 Å². The van der Waals surface area contributed by atoms with Crippen LogP contribution in [0, 0.1) is 0 Å². The van der Waals surface area contributed by atoms with E-state index in [-0.39, 0.29) is 11.9 Å². The van der Waals surface area contributed by atoms with Gasteiger partial charge in [-0.1, -0.05) is 0 Å². The molecule has 1 aromatic rings. The van der Waals surface area contributed by atoms with Gasteiger partial charge in [-0.2, -0.15) is 5.10 Å². The second-order valence-corrected chi connectivity index (χ2v) is 5.15. The van der Waals surface area contributed by atoms with Crippen LogP contribution in [0.2, 0.25) is 0 Å². The summed E-state index contributed by atoms with van der Waals surface area (Å²) >= 11 is 0. The number of amides is 1. The molecule has 2 saturated heterocycles. The van der Waals surface area contributed by atoms with Gasteiger partial charge >= 0.3 is 0 Å². The van der Waals surface area contributed by atoms with Gasteiger partial charge in [0.1, 0.15) is 0 Å². The van der Waals surface area contributed by atoms with Crippen LogP contribution in [0.3, 0.4) is 0 Å². The van der Waals surface area contributed by atoms with Gasteiger partial charge in [0.05, 0.1) is 31.5 Å². The number of likely N-dealkylation sites (tertiary alicyclic amines) is 1. The number of carbonyl (C=O) groups excluding carboxylic acids is 1. The Kier molecular flexibility index (Phi) is 3.79. The molecule has 1 atom stereocenters. The third-order valence-corrected chi connectivity index (χ3v) is 3.92. The number of nitrogens with one attached hydrogen (secondary N) is 1. The summed E-state index contributed by atoms with van der Waals surface area (Å²) in [6, 6.07) is 2.14. The van der Waals surface area contributed by atoms with E-state index >= 15 is 0 Å². The van der Waals surface area contributed by atoms with Gasteiger partial charge in [0.2, 0.25) is 5.91 Å². The minimum atomic E-state index is 0.177. The van der Waals surface area contributed by atoms with E-state index in [9.17, 15) is 4.79 Å². The molecule has 104 valence electrons. The van der Waals surface area contributed by atoms with Gasteiger partial charge in [0, 0.05) is 25.8 Å². The van der Waals surface area contributed by atoms with E-state index in [2.05, 4.69) is 15.1 Å². The van der Waals surface area contributed by atoms with E-state index in [0.29, 0.717) is 6.54 Å². The first kappa shape index (κ1) is 12.6. The van der Waals surface area contributed by atoms with Crippen molar-refractivity contribution in [2.45, 2.75) is 18.9 Å². The molecule has 3 rings (SSSR count). The number of rotatable bonds is 3. The smallest absolute Gasteiger partial charge is 0.237 e. The quantitative estimate of drug-likeness (QED) is 0.858. The summed E-state index contributed by atoms with van der Waals surface area (Å²) in [5.41, 5.74) is 1.05. The summed E-state index contributed by atoms with van der Waals surface area (Å²) < 4.78 is 5.31. The largest absolute Gasteiger partial charge is 0.379 e. The number of aromatic amines is 1. The predicted molar refractivity (Wildman–Crippen MR) is 69.5 cm³/mol. The summed E-state index contributed by atoms with van der Waals surface area (Å²) in [5.74, 6) is 0.221. The molecule has 2 aliphatic heterocycles. The zero-order valence-electron chi connectivity index (χ0n) is 11.0. The van der Waals surface area contributed by atoms with Crippen molar-refractivity contribution in [3.05, 3.63) is 18.0 Å². The van der Waals surface area contributed by atoms with Crippen LogP contribution in [0.15, 0.2) is 12.3 Å². The highest BCUT2D eigenvalue weighted by Crippen LogP contribution is 2.30. The molecule has 1 aromatic heterocycles. The minimum absolute atomic E-state index is 0.177. The molecule has 1 amide bonds. The third kappa shape index (κ3) is 2.79. The Morgan fingerprint density at radius 1 is 1.42 bits per heavy atom. The molecule has 0 aliphatic carbocycles. The van der Waals surface area contributed by atoms with E-state index in [1.807, 2.05) is 11.0 Å². The van der Waals surface area contributed by atoms with Crippen LogP contribution in [0.5, 0.6) is 0 Å². The first-order valence-electron chi connectivity index (χ1n) is 6.93. The van der Waals surface area contributed by atoms with Crippen molar-refractivity contribution in [1.82, 2.24) is 20.0 Å². The summed E-state index contributed by atoms with van der Waals surface area (Å²) in [5, 5.41) is 6.98. The van der Waals surface area contributed by atoms with Gasteiger partial charge in [-0.25, -0.2) is 0 Å². The van der Waals surface area contributed by atoms with Crippen LogP contribution in [0.4, 0.5) is 0 Å². The Balaban J connectivity index is 1.62. The van der Waals surface area contributed by atoms with Crippen LogP contribution in [-0.4, -0.2) is 65.3 Å². The molecule has 0 spiro atoms. The number of ether oxygens (including phenoxy) is 1. The van der Waals surface area contributed by atoms with Gasteiger partial charge in [-0.15, -0.1) is 0 Å². The van der Waals surface area contributed by atoms with Gasteiger partial charge in [0.15, 0.2) is 0 Å². The highest BCUT2D eigenvalue weighted by Gasteiger charge is 2.31. The number of H-pyrrole nitrogens is 1. The molecule has 0 aromatic carbocycles. The maximum absolute atomic E-state index is 12.4. The lowest BCUT2D eigenvalue weighted by Crippen LogP contribution is -2.44. The molecule has 6 heteroatoms. The molecule has 1 N–H and O–H groups in total. The topological polar surface area (TPSA) is 61.5 Å². The summed E-state index contributed by atoms with van der Waals surface area (Å²) in [6.45, 7) is 4.54. The van der Waals surface area contributed by atoms with Crippen LogP contribution >= 0.6 is 0 Å². The maximum Gasteiger partial charge on any atom is 0.237 e. The van der Waals surface area contributed by atoms with Crippen molar-refractivity contribution in [2.24, 2.45) is 0 Å². The Morgan fingerprint density at radius 3 is 3.00 bits per heavy atom. The molecule has 0 unspecified atom stereocenters. The standard InChI is InChI=1S/C13H20N4O2/c18-13(10-16-6-8-19-9-7-16)17-5-1-2-12(17)11-3-4-14-15-11/h3-4,12H,1-2,5-10H2,(H,14,15)/t12-/m0/s1. The summed E-state index contributed by atoms with van der Waals surface area (Å²) in [4.78, 5) is 16.6. The third-order valence-electron chi connectivity index (χ3n) is 3.92. The van der Waals surface area contributed by atoms with E-state index in [0.717, 1.165) is 51.4 Å². The molecule has 2 fully saturated rings. The average molecular weight is 264 g/mol. The molecule has 2 aliphatic rings. The lowest BCUT2D eigenvalue weighted by Gasteiger charge is -2.30. The maximum atomic E-state index is 12.4. The Hall–Kier alpha value is -1.40. The van der Waals surface area contributed by atoms with Crippen LogP contribution < -0.4 is 0 Å². The second kappa shape index (κ2) is 5.71. The Morgan fingerprint density at radius 2 is 2.26 bits per heavy atom. The molecule has 0 bridgehead atoms. The number of nitrogens with zero attached hydrogens (tertiary/aromatic N) is 3. The van der Waals surface area contributed by atoms with Crippen LogP contribution in [0.25, 0.3) is 0 Å². The van der Waals surface area contributed by atoms with Gasteiger partial charge < -0.3 is 9.64 Å². The van der Waals surface area contributed by atoms with Gasteiger partial charge in [-0.05, 0) is 18.9 Å². The summed E-state index contributed by atoms with van der Waals surface area (Å²) in [6.07, 6.45) is 3.84. The summed E-state index contributed by atoms with van der Waals surface area (Å²) in [7, 11) is 0. The fourth-order valence-corrected chi connectivity index (χ4v) is 2.88. The van der Waals surface area contributed by atoms with Crippen molar-refractivity contribution < 1.29 is 9.53 Å². The predicted octanol–water partition coefficient (Wildman–Crippen LogP) is 0.405. The van der Waals surface area contributed by atoms with Crippen LogP contribution in [-0.2, 0) is 9.53 Å². The van der Waals surface area contributed by atoms with Crippen molar-refractivity contribution >= 4 is 5.91 Å². The number of aromatic nitrogens is 2. The monoisotopic (exact) mass is 264 g/mol. The molecule has 6 nitrogen and oxygen atoms in total. The number of morpholine rings is 1. The van der Waals surface area contributed by atoms with E-state index in [4.69, 9.17) is 4.74 Å². The lowest BCUT2D eigenvalue weighted by molar-refractivity contribution is -0.134. The molecule has 0 saturated carbocycles. The lowest BCUT2D eigenvalue weighted by atomic mass is 10.1. The number of carbonyl (C=O) groups is 1. The minimum Gasteiger partial charge on any atom is -0.379 e. The first-order valence-corrected chi connectivity index (χ1v) is 6.93. The molecule has 19 heavy (non-hydrogen) atoms. The van der Waals surface area contributed by atoms with Crippen molar-refractivity contribution in [3.8, 4) is 0 Å². The highest BCUT2D eigenvalue weighted by molar-refractivity contribution is 5.79. The van der Waals surface area contributed by atoms with Gasteiger partial charge in [0.25, 0.3) is 0 Å². The highest BCUT2D eigenvalue weighted by atomic mass is 16.5. The number of hydrogen-bond acceptors (Lipinski definition) is 4.